The topological polar surface area (TPSA) is 74.2 Å². The third-order valence-corrected chi connectivity index (χ3v) is 2.86. The van der Waals surface area contributed by atoms with Gasteiger partial charge >= 0.3 is 0 Å². The van der Waals surface area contributed by atoms with Gasteiger partial charge in [-0.25, -0.2) is 0 Å². The fraction of sp³-hybridized carbons (Fsp3) is 0.333. The lowest BCUT2D eigenvalue weighted by atomic mass is 10.0. The van der Waals surface area contributed by atoms with E-state index in [9.17, 15) is 0 Å². The Balaban J connectivity index is 1.95. The minimum atomic E-state index is -0.242. The molecule has 0 saturated heterocycles. The predicted molar refractivity (Wildman–Crippen MR) is 60.7 cm³/mol. The Labute approximate surface area is 98.6 Å². The average molecular weight is 231 g/mol. The fourth-order valence-corrected chi connectivity index (χ4v) is 1.95. The number of fused-ring (bicyclic) bond motifs is 1. The first-order valence-corrected chi connectivity index (χ1v) is 5.56. The molecule has 0 fully saturated rings. The van der Waals surface area contributed by atoms with Crippen LogP contribution < -0.4 is 10.5 Å². The predicted octanol–water partition coefficient (Wildman–Crippen LogP) is 1.61. The normalized spacial score (nSPS) is 19.8. The second-order valence-electron chi connectivity index (χ2n) is 4.18. The molecule has 1 aliphatic rings. The largest absolute Gasteiger partial charge is 0.492 e. The van der Waals surface area contributed by atoms with Gasteiger partial charge in [-0.15, -0.1) is 0 Å². The van der Waals surface area contributed by atoms with Gasteiger partial charge in [0.2, 0.25) is 5.89 Å². The minimum absolute atomic E-state index is 0.0439. The maximum absolute atomic E-state index is 5.69. The summed E-state index contributed by atoms with van der Waals surface area (Å²) in [7, 11) is 0. The molecule has 1 unspecified atom stereocenters. The molecule has 17 heavy (non-hydrogen) atoms. The lowest BCUT2D eigenvalue weighted by Gasteiger charge is -2.01. The summed E-state index contributed by atoms with van der Waals surface area (Å²) in [5, 5.41) is 3.97. The molecule has 5 nitrogen and oxygen atoms in total. The molecular weight excluding hydrogens is 218 g/mol. The molecule has 88 valence electrons. The Bertz CT molecular complexity index is 536. The van der Waals surface area contributed by atoms with Crippen molar-refractivity contribution in [2.24, 2.45) is 5.73 Å². The van der Waals surface area contributed by atoms with Crippen LogP contribution in [0.2, 0.25) is 0 Å². The Morgan fingerprint density at radius 2 is 2.24 bits per heavy atom. The molecular formula is C12H13N3O2. The molecule has 0 radical (unpaired) electrons. The van der Waals surface area contributed by atoms with Crippen LogP contribution in [-0.4, -0.2) is 16.7 Å². The Morgan fingerprint density at radius 1 is 1.41 bits per heavy atom. The third-order valence-electron chi connectivity index (χ3n) is 2.86. The van der Waals surface area contributed by atoms with Crippen LogP contribution in [0, 0.1) is 0 Å². The highest BCUT2D eigenvalue weighted by molar-refractivity contribution is 5.42. The van der Waals surface area contributed by atoms with E-state index in [1.807, 2.05) is 31.2 Å². The lowest BCUT2D eigenvalue weighted by Crippen LogP contribution is -2.07. The number of ether oxygens (including phenoxy) is 1. The summed E-state index contributed by atoms with van der Waals surface area (Å²) in [6.45, 7) is 2.37. The van der Waals surface area contributed by atoms with E-state index in [2.05, 4.69) is 10.1 Å². The molecule has 2 aromatic rings. The molecule has 1 aromatic carbocycles. The number of nitrogens with two attached hydrogens (primary N) is 1. The van der Waals surface area contributed by atoms with E-state index in [1.54, 1.807) is 0 Å². The number of benzene rings is 1. The van der Waals surface area contributed by atoms with E-state index in [4.69, 9.17) is 15.0 Å². The van der Waals surface area contributed by atoms with Gasteiger partial charge in [-0.1, -0.05) is 23.4 Å². The zero-order chi connectivity index (χ0) is 11.8. The van der Waals surface area contributed by atoms with Gasteiger partial charge in [-0.3, -0.25) is 0 Å². The van der Waals surface area contributed by atoms with Gasteiger partial charge in [0.15, 0.2) is 5.82 Å². The summed E-state index contributed by atoms with van der Waals surface area (Å²) in [6, 6.07) is 7.66. The quantitative estimate of drug-likeness (QED) is 0.850. The van der Waals surface area contributed by atoms with Gasteiger partial charge < -0.3 is 15.0 Å². The van der Waals surface area contributed by atoms with Crippen molar-refractivity contribution in [1.29, 1.82) is 0 Å². The minimum Gasteiger partial charge on any atom is -0.492 e. The first-order valence-electron chi connectivity index (χ1n) is 5.56. The van der Waals surface area contributed by atoms with Crippen LogP contribution in [0.3, 0.4) is 0 Å². The van der Waals surface area contributed by atoms with Gasteiger partial charge in [0.1, 0.15) is 12.4 Å². The van der Waals surface area contributed by atoms with E-state index in [-0.39, 0.29) is 12.0 Å². The van der Waals surface area contributed by atoms with Crippen molar-refractivity contribution in [3.8, 4) is 5.75 Å². The van der Waals surface area contributed by atoms with Crippen LogP contribution in [-0.2, 0) is 0 Å². The van der Waals surface area contributed by atoms with Crippen LogP contribution in [0.4, 0.5) is 0 Å². The van der Waals surface area contributed by atoms with Crippen molar-refractivity contribution in [1.82, 2.24) is 10.1 Å². The molecule has 5 heteroatoms. The number of aromatic nitrogens is 2. The van der Waals surface area contributed by atoms with Gasteiger partial charge in [-0.2, -0.15) is 4.98 Å². The third kappa shape index (κ3) is 1.68. The van der Waals surface area contributed by atoms with E-state index in [0.29, 0.717) is 18.3 Å². The molecule has 3 rings (SSSR count). The molecule has 2 N–H and O–H groups in total. The van der Waals surface area contributed by atoms with Gasteiger partial charge in [0.05, 0.1) is 12.0 Å². The summed E-state index contributed by atoms with van der Waals surface area (Å²) in [6.07, 6.45) is 0. The fourth-order valence-electron chi connectivity index (χ4n) is 1.95. The molecule has 0 saturated carbocycles. The standard InChI is InChI=1S/C12H13N3O2/c1-7(13)12-14-11(15-17-12)9-6-16-10-5-3-2-4-8(9)10/h2-5,7,9H,6,13H2,1H3/t7-,9?/m1/s1. The van der Waals surface area contributed by atoms with Crippen LogP contribution >= 0.6 is 0 Å². The molecule has 0 aliphatic carbocycles. The summed E-state index contributed by atoms with van der Waals surface area (Å²) in [4.78, 5) is 4.31. The van der Waals surface area contributed by atoms with Crippen molar-refractivity contribution >= 4 is 0 Å². The highest BCUT2D eigenvalue weighted by atomic mass is 16.5. The summed E-state index contributed by atoms with van der Waals surface area (Å²) in [5.41, 5.74) is 6.79. The number of rotatable bonds is 2. The van der Waals surface area contributed by atoms with Gasteiger partial charge in [0.25, 0.3) is 0 Å². The van der Waals surface area contributed by atoms with Crippen LogP contribution in [0.5, 0.6) is 5.75 Å². The summed E-state index contributed by atoms with van der Waals surface area (Å²) < 4.78 is 10.7. The highest BCUT2D eigenvalue weighted by Crippen LogP contribution is 2.36. The molecule has 0 bridgehead atoms. The van der Waals surface area contributed by atoms with Crippen molar-refractivity contribution in [2.45, 2.75) is 18.9 Å². The van der Waals surface area contributed by atoms with Gasteiger partial charge in [0, 0.05) is 5.56 Å². The van der Waals surface area contributed by atoms with E-state index in [0.717, 1.165) is 11.3 Å². The maximum Gasteiger partial charge on any atom is 0.243 e. The van der Waals surface area contributed by atoms with Crippen LogP contribution in [0.25, 0.3) is 0 Å². The van der Waals surface area contributed by atoms with Crippen LogP contribution in [0.1, 0.15) is 36.2 Å². The first-order chi connectivity index (χ1) is 8.25. The second kappa shape index (κ2) is 3.85. The SMILES string of the molecule is C[C@@H](N)c1nc(C2COc3ccccc32)no1. The summed E-state index contributed by atoms with van der Waals surface area (Å²) in [5.74, 6) is 2.04. The molecule has 2 heterocycles. The number of hydrogen-bond donors (Lipinski definition) is 1. The molecule has 0 amide bonds. The Kier molecular flexibility index (Phi) is 2.33. The maximum atomic E-state index is 5.69. The lowest BCUT2D eigenvalue weighted by molar-refractivity contribution is 0.329. The van der Waals surface area contributed by atoms with Crippen molar-refractivity contribution in [3.05, 3.63) is 41.5 Å². The number of hydrogen-bond acceptors (Lipinski definition) is 5. The highest BCUT2D eigenvalue weighted by Gasteiger charge is 2.29. The van der Waals surface area contributed by atoms with E-state index < -0.39 is 0 Å². The van der Waals surface area contributed by atoms with Crippen molar-refractivity contribution in [3.63, 3.8) is 0 Å². The molecule has 1 aliphatic heterocycles. The van der Waals surface area contributed by atoms with Crippen molar-refractivity contribution < 1.29 is 9.26 Å². The van der Waals surface area contributed by atoms with Crippen LogP contribution in [0.15, 0.2) is 28.8 Å². The molecule has 1 aromatic heterocycles. The number of para-hydroxylation sites is 1. The number of nitrogens with zero attached hydrogens (tertiary/aromatic N) is 2. The smallest absolute Gasteiger partial charge is 0.243 e. The second-order valence-corrected chi connectivity index (χ2v) is 4.18. The molecule has 2 atom stereocenters. The van der Waals surface area contributed by atoms with Gasteiger partial charge in [-0.05, 0) is 13.0 Å². The Morgan fingerprint density at radius 3 is 3.00 bits per heavy atom. The van der Waals surface area contributed by atoms with E-state index >= 15 is 0 Å². The zero-order valence-electron chi connectivity index (χ0n) is 9.46. The summed E-state index contributed by atoms with van der Waals surface area (Å²) >= 11 is 0. The van der Waals surface area contributed by atoms with E-state index in [1.165, 1.54) is 0 Å². The Hall–Kier alpha value is -1.88. The monoisotopic (exact) mass is 231 g/mol. The zero-order valence-corrected chi connectivity index (χ0v) is 9.46. The average Bonchev–Trinajstić information content (AvgIpc) is 2.95. The molecule has 0 spiro atoms. The van der Waals surface area contributed by atoms with Crippen molar-refractivity contribution in [2.75, 3.05) is 6.61 Å². The first kappa shape index (κ1) is 10.3.